The molecule has 2 rings (SSSR count). The molecular weight excluding hydrogens is 370 g/mol. The fraction of sp³-hybridized carbons (Fsp3) is 0. The van der Waals surface area contributed by atoms with Crippen LogP contribution in [0.2, 0.25) is 5.02 Å². The molecule has 4 nitrogen and oxygen atoms in total. The molecule has 0 spiro atoms. The number of rotatable bonds is 2. The van der Waals surface area contributed by atoms with E-state index in [0.29, 0.717) is 15.7 Å². The third-order valence-corrected chi connectivity index (χ3v) is 3.77. The second-order valence-electron chi connectivity index (χ2n) is 3.37. The number of halogens is 2. The number of nitrogens with zero attached hydrogens (tertiary/aromatic N) is 1. The number of amides is 1. The lowest BCUT2D eigenvalue weighted by Gasteiger charge is -2.08. The van der Waals surface area contributed by atoms with E-state index in [-0.39, 0.29) is 11.0 Å². The molecule has 1 heterocycles. The molecule has 98 valence electrons. The Hall–Kier alpha value is -1.02. The molecule has 0 aliphatic rings. The van der Waals surface area contributed by atoms with Crippen molar-refractivity contribution in [1.82, 2.24) is 10.3 Å². The Morgan fingerprint density at radius 1 is 1.47 bits per heavy atom. The van der Waals surface area contributed by atoms with E-state index in [0.717, 1.165) is 4.47 Å². The third kappa shape index (κ3) is 3.97. The van der Waals surface area contributed by atoms with E-state index in [9.17, 15) is 4.79 Å². The second kappa shape index (κ2) is 6.42. The summed E-state index contributed by atoms with van der Waals surface area (Å²) in [5.41, 5.74) is 0.347. The van der Waals surface area contributed by atoms with Gasteiger partial charge < -0.3 is 5.32 Å². The summed E-state index contributed by atoms with van der Waals surface area (Å²) in [6.45, 7) is 0. The smallest absolute Gasteiger partial charge is 0.258 e. The molecule has 19 heavy (non-hydrogen) atoms. The van der Waals surface area contributed by atoms with Crippen molar-refractivity contribution in [3.63, 3.8) is 0 Å². The maximum absolute atomic E-state index is 12.0. The highest BCUT2D eigenvalue weighted by Crippen LogP contribution is 2.20. The fourth-order valence-corrected chi connectivity index (χ4v) is 2.61. The van der Waals surface area contributed by atoms with Crippen molar-refractivity contribution in [1.29, 1.82) is 0 Å². The zero-order valence-corrected chi connectivity index (χ0v) is 13.3. The molecule has 0 radical (unpaired) electrons. The summed E-state index contributed by atoms with van der Waals surface area (Å²) < 4.78 is 0.765. The van der Waals surface area contributed by atoms with E-state index in [1.54, 1.807) is 29.8 Å². The molecule has 0 unspecified atom stereocenters. The summed E-state index contributed by atoms with van der Waals surface area (Å²) in [5.74, 6) is -0.375. The first-order valence-corrected chi connectivity index (χ1v) is 7.49. The van der Waals surface area contributed by atoms with Crippen molar-refractivity contribution in [2.24, 2.45) is 0 Å². The van der Waals surface area contributed by atoms with Crippen LogP contribution in [0.5, 0.6) is 0 Å². The molecule has 2 N–H and O–H groups in total. The maximum atomic E-state index is 12.0. The van der Waals surface area contributed by atoms with Crippen LogP contribution in [-0.4, -0.2) is 16.0 Å². The van der Waals surface area contributed by atoms with Crippen LogP contribution >= 0.6 is 51.1 Å². The normalized spacial score (nSPS) is 10.0. The lowest BCUT2D eigenvalue weighted by Crippen LogP contribution is -2.34. The molecule has 8 heteroatoms. The van der Waals surface area contributed by atoms with E-state index < -0.39 is 0 Å². The molecule has 1 aromatic carbocycles. The van der Waals surface area contributed by atoms with Gasteiger partial charge in [0.25, 0.3) is 5.91 Å². The zero-order valence-electron chi connectivity index (χ0n) is 9.31. The van der Waals surface area contributed by atoms with Gasteiger partial charge in [-0.05, 0) is 30.4 Å². The van der Waals surface area contributed by atoms with E-state index in [4.69, 9.17) is 23.8 Å². The lowest BCUT2D eigenvalue weighted by atomic mass is 10.2. The first-order valence-electron chi connectivity index (χ1n) is 5.03. The first kappa shape index (κ1) is 14.4. The minimum absolute atomic E-state index is 0.177. The van der Waals surface area contributed by atoms with Gasteiger partial charge in [0.05, 0.1) is 10.6 Å². The van der Waals surface area contributed by atoms with Crippen molar-refractivity contribution in [3.8, 4) is 0 Å². The molecular formula is C11H7BrClN3OS2. The van der Waals surface area contributed by atoms with Crippen LogP contribution in [0.15, 0.2) is 34.2 Å². The highest BCUT2D eigenvalue weighted by Gasteiger charge is 2.12. The number of anilines is 1. The second-order valence-corrected chi connectivity index (χ2v) is 6.00. The monoisotopic (exact) mass is 375 g/mol. The topological polar surface area (TPSA) is 54.0 Å². The van der Waals surface area contributed by atoms with Crippen LogP contribution in [0.25, 0.3) is 0 Å². The summed E-state index contributed by atoms with van der Waals surface area (Å²) in [4.78, 5) is 16.0. The SMILES string of the molecule is O=C(NC(=S)Nc1nccs1)c1cc(Br)ccc1Cl. The van der Waals surface area contributed by atoms with Gasteiger partial charge in [0.2, 0.25) is 0 Å². The number of aromatic nitrogens is 1. The standard InChI is InChI=1S/C11H7BrClN3OS2/c12-6-1-2-8(13)7(5-6)9(17)15-10(18)16-11-14-3-4-19-11/h1-5H,(H2,14,15,16,17,18). The Kier molecular flexibility index (Phi) is 4.87. The van der Waals surface area contributed by atoms with Gasteiger partial charge in [-0.1, -0.05) is 27.5 Å². The largest absolute Gasteiger partial charge is 0.308 e. The van der Waals surface area contributed by atoms with Crippen molar-refractivity contribution in [2.45, 2.75) is 0 Å². The van der Waals surface area contributed by atoms with E-state index >= 15 is 0 Å². The van der Waals surface area contributed by atoms with Gasteiger partial charge in [-0.2, -0.15) is 0 Å². The average Bonchev–Trinajstić information content (AvgIpc) is 2.84. The Morgan fingerprint density at radius 3 is 2.95 bits per heavy atom. The number of hydrogen-bond donors (Lipinski definition) is 2. The molecule has 0 aliphatic carbocycles. The number of carbonyl (C=O) groups excluding carboxylic acids is 1. The number of nitrogens with one attached hydrogen (secondary N) is 2. The van der Waals surface area contributed by atoms with Crippen LogP contribution in [0, 0.1) is 0 Å². The summed E-state index contributed by atoms with van der Waals surface area (Å²) in [6.07, 6.45) is 1.64. The average molecular weight is 377 g/mol. The predicted octanol–water partition coefficient (Wildman–Crippen LogP) is 3.69. The van der Waals surface area contributed by atoms with Gasteiger partial charge in [0, 0.05) is 16.0 Å². The molecule has 0 atom stereocenters. The van der Waals surface area contributed by atoms with Crippen LogP contribution in [0.4, 0.5) is 5.13 Å². The van der Waals surface area contributed by atoms with Crippen LogP contribution in [0.3, 0.4) is 0 Å². The summed E-state index contributed by atoms with van der Waals surface area (Å²) >= 11 is 15.7. The van der Waals surface area contributed by atoms with Gasteiger partial charge in [-0.3, -0.25) is 10.1 Å². The molecule has 0 saturated carbocycles. The molecule has 0 saturated heterocycles. The van der Waals surface area contributed by atoms with Gasteiger partial charge in [-0.15, -0.1) is 11.3 Å². The number of carbonyl (C=O) groups is 1. The Morgan fingerprint density at radius 2 is 2.26 bits per heavy atom. The molecule has 1 aromatic heterocycles. The van der Waals surface area contributed by atoms with E-state index in [1.807, 2.05) is 0 Å². The summed E-state index contributed by atoms with van der Waals surface area (Å²) in [5, 5.41) is 8.31. The highest BCUT2D eigenvalue weighted by atomic mass is 79.9. The molecule has 0 fully saturated rings. The quantitative estimate of drug-likeness (QED) is 0.785. The van der Waals surface area contributed by atoms with Crippen LogP contribution < -0.4 is 10.6 Å². The van der Waals surface area contributed by atoms with Crippen molar-refractivity contribution >= 4 is 67.2 Å². The van der Waals surface area contributed by atoms with Crippen molar-refractivity contribution < 1.29 is 4.79 Å². The number of thiocarbonyl (C=S) groups is 1. The summed E-state index contributed by atoms with van der Waals surface area (Å²) in [7, 11) is 0. The van der Waals surface area contributed by atoms with Gasteiger partial charge >= 0.3 is 0 Å². The zero-order chi connectivity index (χ0) is 13.8. The van der Waals surface area contributed by atoms with Crippen molar-refractivity contribution in [2.75, 3.05) is 5.32 Å². The Labute approximate surface area is 132 Å². The van der Waals surface area contributed by atoms with Crippen molar-refractivity contribution in [3.05, 3.63) is 44.8 Å². The minimum Gasteiger partial charge on any atom is -0.308 e. The number of thiazole rings is 1. The predicted molar refractivity (Wildman–Crippen MR) is 85.0 cm³/mol. The maximum Gasteiger partial charge on any atom is 0.258 e. The summed E-state index contributed by atoms with van der Waals surface area (Å²) in [6, 6.07) is 5.02. The Bertz CT molecular complexity index is 618. The van der Waals surface area contributed by atoms with Crippen LogP contribution in [-0.2, 0) is 0 Å². The van der Waals surface area contributed by atoms with Gasteiger partial charge in [-0.25, -0.2) is 4.98 Å². The molecule has 0 bridgehead atoms. The molecule has 1 amide bonds. The number of hydrogen-bond acceptors (Lipinski definition) is 4. The fourth-order valence-electron chi connectivity index (χ4n) is 1.26. The van der Waals surface area contributed by atoms with Gasteiger partial charge in [0.1, 0.15) is 0 Å². The minimum atomic E-state index is -0.375. The van der Waals surface area contributed by atoms with E-state index in [2.05, 4.69) is 31.5 Å². The molecule has 2 aromatic rings. The Balaban J connectivity index is 2.04. The highest BCUT2D eigenvalue weighted by molar-refractivity contribution is 9.10. The third-order valence-electron chi connectivity index (χ3n) is 2.05. The molecule has 0 aliphatic heterocycles. The van der Waals surface area contributed by atoms with E-state index in [1.165, 1.54) is 11.3 Å². The lowest BCUT2D eigenvalue weighted by molar-refractivity contribution is 0.0978. The number of benzene rings is 1. The first-order chi connectivity index (χ1) is 9.06. The van der Waals surface area contributed by atoms with Gasteiger partial charge in [0.15, 0.2) is 10.2 Å². The van der Waals surface area contributed by atoms with Crippen LogP contribution in [0.1, 0.15) is 10.4 Å².